The third kappa shape index (κ3) is 6.88. The lowest BCUT2D eigenvalue weighted by atomic mass is 10.2. The highest BCUT2D eigenvalue weighted by Gasteiger charge is 2.16. The van der Waals surface area contributed by atoms with E-state index in [4.69, 9.17) is 9.84 Å². The number of benzene rings is 3. The summed E-state index contributed by atoms with van der Waals surface area (Å²) in [4.78, 5) is 36.6. The second-order valence-corrected chi connectivity index (χ2v) is 8.23. The van der Waals surface area contributed by atoms with Crippen LogP contribution < -0.4 is 15.4 Å². The minimum absolute atomic E-state index is 0.0998. The van der Waals surface area contributed by atoms with E-state index in [0.29, 0.717) is 17.1 Å². The fourth-order valence-corrected chi connectivity index (χ4v) is 3.67. The number of carboxylic acids is 1. The van der Waals surface area contributed by atoms with Crippen molar-refractivity contribution in [2.45, 2.75) is 17.1 Å². The van der Waals surface area contributed by atoms with Crippen LogP contribution in [-0.4, -0.2) is 34.7 Å². The Labute approximate surface area is 189 Å². The molecule has 0 saturated carbocycles. The maximum absolute atomic E-state index is 12.5. The maximum Gasteiger partial charge on any atom is 0.335 e. The molecule has 0 fully saturated rings. The number of hydrogen-bond donors (Lipinski definition) is 3. The van der Waals surface area contributed by atoms with E-state index in [1.54, 1.807) is 49.4 Å². The van der Waals surface area contributed by atoms with Crippen molar-refractivity contribution >= 4 is 40.9 Å². The zero-order chi connectivity index (χ0) is 22.9. The average Bonchev–Trinajstić information content (AvgIpc) is 2.79. The van der Waals surface area contributed by atoms with Gasteiger partial charge in [0.25, 0.3) is 5.91 Å². The van der Waals surface area contributed by atoms with E-state index in [-0.39, 0.29) is 24.0 Å². The van der Waals surface area contributed by atoms with Crippen LogP contribution in [0.1, 0.15) is 17.3 Å². The summed E-state index contributed by atoms with van der Waals surface area (Å²) < 4.78 is 5.44. The Bertz CT molecular complexity index is 1100. The van der Waals surface area contributed by atoms with Gasteiger partial charge in [-0.15, -0.1) is 11.8 Å². The number of carbonyl (C=O) groups is 3. The smallest absolute Gasteiger partial charge is 0.335 e. The number of carbonyl (C=O) groups excluding carboxylic acids is 2. The fraction of sp³-hybridized carbons (Fsp3) is 0.125. The van der Waals surface area contributed by atoms with Crippen LogP contribution in [0.2, 0.25) is 0 Å². The van der Waals surface area contributed by atoms with E-state index >= 15 is 0 Å². The summed E-state index contributed by atoms with van der Waals surface area (Å²) in [6.45, 7) is 1.63. The van der Waals surface area contributed by atoms with Gasteiger partial charge < -0.3 is 20.5 Å². The second kappa shape index (κ2) is 11.0. The number of hydrogen-bond acceptors (Lipinski definition) is 5. The van der Waals surface area contributed by atoms with Crippen molar-refractivity contribution in [2.24, 2.45) is 0 Å². The molecule has 0 aromatic heterocycles. The topological polar surface area (TPSA) is 105 Å². The molecule has 0 radical (unpaired) electrons. The first-order chi connectivity index (χ1) is 15.4. The summed E-state index contributed by atoms with van der Waals surface area (Å²) in [7, 11) is 0. The lowest BCUT2D eigenvalue weighted by Gasteiger charge is -2.13. The molecule has 3 N–H and O–H groups in total. The normalized spacial score (nSPS) is 11.3. The second-order valence-electron chi connectivity index (χ2n) is 6.81. The minimum Gasteiger partial charge on any atom is -0.484 e. The first kappa shape index (κ1) is 22.9. The van der Waals surface area contributed by atoms with Gasteiger partial charge in [0.15, 0.2) is 6.61 Å². The van der Waals surface area contributed by atoms with Crippen LogP contribution in [0.5, 0.6) is 5.75 Å². The molecule has 0 aliphatic carbocycles. The summed E-state index contributed by atoms with van der Waals surface area (Å²) in [5, 5.41) is 14.1. The summed E-state index contributed by atoms with van der Waals surface area (Å²) >= 11 is 1.32. The van der Waals surface area contributed by atoms with Gasteiger partial charge in [-0.2, -0.15) is 0 Å². The Morgan fingerprint density at radius 2 is 1.59 bits per heavy atom. The van der Waals surface area contributed by atoms with Gasteiger partial charge in [0.2, 0.25) is 5.91 Å². The molecule has 2 amide bonds. The molecule has 0 heterocycles. The molecular formula is C24H22N2O5S. The predicted octanol–water partition coefficient (Wildman–Crippen LogP) is 4.52. The van der Waals surface area contributed by atoms with Gasteiger partial charge in [-0.1, -0.05) is 30.3 Å². The van der Waals surface area contributed by atoms with Crippen LogP contribution in [0.15, 0.2) is 83.8 Å². The van der Waals surface area contributed by atoms with Gasteiger partial charge in [0.05, 0.1) is 10.8 Å². The van der Waals surface area contributed by atoms with Gasteiger partial charge in [-0.05, 0) is 55.5 Å². The standard InChI is InChI=1S/C24H22N2O5S/c1-16(23(28)26-18-8-5-7-17(13-18)24(29)30)32-21-12-6-9-19(14-21)25-22(27)15-31-20-10-3-2-4-11-20/h2-14,16H,15H2,1H3,(H,25,27)(H,26,28)(H,29,30). The molecule has 3 aromatic rings. The Morgan fingerprint density at radius 3 is 2.31 bits per heavy atom. The zero-order valence-electron chi connectivity index (χ0n) is 17.3. The van der Waals surface area contributed by atoms with Crippen LogP contribution in [0.3, 0.4) is 0 Å². The van der Waals surface area contributed by atoms with Gasteiger partial charge >= 0.3 is 5.97 Å². The van der Waals surface area contributed by atoms with E-state index in [0.717, 1.165) is 4.90 Å². The van der Waals surface area contributed by atoms with E-state index < -0.39 is 11.2 Å². The van der Waals surface area contributed by atoms with E-state index in [2.05, 4.69) is 10.6 Å². The summed E-state index contributed by atoms with van der Waals surface area (Å²) in [5.41, 5.74) is 1.11. The SMILES string of the molecule is CC(Sc1cccc(NC(=O)COc2ccccc2)c1)C(=O)Nc1cccc(C(=O)O)c1. The van der Waals surface area contributed by atoms with E-state index in [9.17, 15) is 14.4 Å². The summed E-state index contributed by atoms with van der Waals surface area (Å²) in [6, 6.07) is 22.3. The predicted molar refractivity (Wildman–Crippen MR) is 124 cm³/mol. The van der Waals surface area contributed by atoms with Crippen molar-refractivity contribution < 1.29 is 24.2 Å². The van der Waals surface area contributed by atoms with E-state index in [1.807, 2.05) is 24.3 Å². The number of thioether (sulfide) groups is 1. The van der Waals surface area contributed by atoms with Crippen LogP contribution in [0.25, 0.3) is 0 Å². The highest BCUT2D eigenvalue weighted by molar-refractivity contribution is 8.00. The summed E-state index contributed by atoms with van der Waals surface area (Å²) in [6.07, 6.45) is 0. The Morgan fingerprint density at radius 1 is 0.906 bits per heavy atom. The number of carboxylic acid groups (broad SMARTS) is 1. The van der Waals surface area contributed by atoms with Gasteiger partial charge in [0.1, 0.15) is 5.75 Å². The molecule has 164 valence electrons. The largest absolute Gasteiger partial charge is 0.484 e. The lowest BCUT2D eigenvalue weighted by Crippen LogP contribution is -2.22. The number of amides is 2. The highest BCUT2D eigenvalue weighted by atomic mass is 32.2. The first-order valence-electron chi connectivity index (χ1n) is 9.79. The molecule has 32 heavy (non-hydrogen) atoms. The number of anilines is 2. The van der Waals surface area contributed by atoms with Crippen LogP contribution >= 0.6 is 11.8 Å². The van der Waals surface area contributed by atoms with Crippen molar-refractivity contribution in [3.05, 3.63) is 84.4 Å². The molecule has 1 atom stereocenters. The molecule has 7 nitrogen and oxygen atoms in total. The molecule has 3 aromatic carbocycles. The molecule has 0 bridgehead atoms. The molecular weight excluding hydrogens is 428 g/mol. The van der Waals surface area contributed by atoms with Crippen molar-refractivity contribution in [1.82, 2.24) is 0 Å². The van der Waals surface area contributed by atoms with Crippen LogP contribution in [-0.2, 0) is 9.59 Å². The number of nitrogens with one attached hydrogen (secondary N) is 2. The number of rotatable bonds is 9. The van der Waals surface area contributed by atoms with Gasteiger partial charge in [-0.3, -0.25) is 9.59 Å². The van der Waals surface area contributed by atoms with Gasteiger partial charge in [0, 0.05) is 16.3 Å². The van der Waals surface area contributed by atoms with E-state index in [1.165, 1.54) is 23.9 Å². The quantitative estimate of drug-likeness (QED) is 0.414. The molecule has 0 aliphatic rings. The average molecular weight is 451 g/mol. The fourth-order valence-electron chi connectivity index (χ4n) is 2.74. The molecule has 3 rings (SSSR count). The maximum atomic E-state index is 12.5. The zero-order valence-corrected chi connectivity index (χ0v) is 18.1. The summed E-state index contributed by atoms with van der Waals surface area (Å²) in [5.74, 6) is -0.999. The number of aromatic carboxylic acids is 1. The monoisotopic (exact) mass is 450 g/mol. The third-order valence-corrected chi connectivity index (χ3v) is 5.38. The first-order valence-corrected chi connectivity index (χ1v) is 10.7. The molecule has 0 aliphatic heterocycles. The van der Waals surface area contributed by atoms with Crippen molar-refractivity contribution in [3.63, 3.8) is 0 Å². The number of para-hydroxylation sites is 1. The van der Waals surface area contributed by atoms with Gasteiger partial charge in [-0.25, -0.2) is 4.79 Å². The van der Waals surface area contributed by atoms with Crippen LogP contribution in [0, 0.1) is 0 Å². The molecule has 0 spiro atoms. The number of ether oxygens (including phenoxy) is 1. The third-order valence-electron chi connectivity index (χ3n) is 4.29. The molecule has 0 saturated heterocycles. The lowest BCUT2D eigenvalue weighted by molar-refractivity contribution is -0.118. The Hall–Kier alpha value is -3.78. The minimum atomic E-state index is -1.06. The van der Waals surface area contributed by atoms with Crippen molar-refractivity contribution in [1.29, 1.82) is 0 Å². The highest BCUT2D eigenvalue weighted by Crippen LogP contribution is 2.27. The van der Waals surface area contributed by atoms with Crippen LogP contribution in [0.4, 0.5) is 11.4 Å². The Balaban J connectivity index is 1.54. The van der Waals surface area contributed by atoms with Crippen molar-refractivity contribution in [3.8, 4) is 5.75 Å². The molecule has 1 unspecified atom stereocenters. The Kier molecular flexibility index (Phi) is 7.88. The molecule has 8 heteroatoms. The van der Waals surface area contributed by atoms with Crippen molar-refractivity contribution in [2.75, 3.05) is 17.2 Å².